The van der Waals surface area contributed by atoms with E-state index in [1.807, 2.05) is 60.3 Å². The molecule has 0 radical (unpaired) electrons. The molecule has 0 aliphatic heterocycles. The first-order valence-electron chi connectivity index (χ1n) is 10.0. The molecule has 1 N–H and O–H groups in total. The molecule has 2 amide bonds. The van der Waals surface area contributed by atoms with Gasteiger partial charge >= 0.3 is 6.03 Å². The summed E-state index contributed by atoms with van der Waals surface area (Å²) in [6.07, 6.45) is 3.51. The van der Waals surface area contributed by atoms with E-state index in [4.69, 9.17) is 28.5 Å². The van der Waals surface area contributed by atoms with Crippen LogP contribution in [-0.2, 0) is 13.6 Å². The fourth-order valence-electron chi connectivity index (χ4n) is 3.39. The first-order chi connectivity index (χ1) is 15.9. The zero-order valence-electron chi connectivity index (χ0n) is 17.7. The molecule has 1 heterocycles. The second kappa shape index (κ2) is 9.78. The van der Waals surface area contributed by atoms with Crippen molar-refractivity contribution < 1.29 is 4.79 Å². The van der Waals surface area contributed by atoms with Crippen molar-refractivity contribution in [2.45, 2.75) is 6.54 Å². The second-order valence-corrected chi connectivity index (χ2v) is 8.24. The average Bonchev–Trinajstić information content (AvgIpc) is 3.21. The number of urea groups is 1. The zero-order chi connectivity index (χ0) is 23.4. The molecule has 0 saturated carbocycles. The van der Waals surface area contributed by atoms with Crippen molar-refractivity contribution in [1.82, 2.24) is 9.55 Å². The average molecular weight is 476 g/mol. The molecule has 8 heteroatoms. The summed E-state index contributed by atoms with van der Waals surface area (Å²) < 4.78 is 1.86. The number of carbonyl (C=O) groups is 1. The van der Waals surface area contributed by atoms with Gasteiger partial charge in [0.1, 0.15) is 5.82 Å². The highest BCUT2D eigenvalue weighted by atomic mass is 35.5. The maximum atomic E-state index is 13.3. The standard InChI is InChI=1S/C25H19Cl2N5O/c1-31-10-9-29-24(31)16-32(25(33)30-22-13-20(26)12-21(27)14-22)23-7-5-18(6-8-23)19-4-2-3-17(11-19)15-28/h2-14H,16H2,1H3,(H,30,33). The number of nitriles is 1. The topological polar surface area (TPSA) is 74.0 Å². The Kier molecular flexibility index (Phi) is 6.64. The molecule has 0 aliphatic carbocycles. The number of nitrogens with zero attached hydrogens (tertiary/aromatic N) is 4. The first-order valence-corrected chi connectivity index (χ1v) is 10.8. The molecule has 0 spiro atoms. The van der Waals surface area contributed by atoms with Gasteiger partial charge in [-0.05, 0) is 53.6 Å². The highest BCUT2D eigenvalue weighted by Crippen LogP contribution is 2.27. The van der Waals surface area contributed by atoms with Gasteiger partial charge in [0.15, 0.2) is 0 Å². The molecule has 1 aromatic heterocycles. The monoisotopic (exact) mass is 475 g/mol. The molecule has 0 bridgehead atoms. The number of rotatable bonds is 5. The third kappa shape index (κ3) is 5.35. The smallest absolute Gasteiger partial charge is 0.326 e. The summed E-state index contributed by atoms with van der Waals surface area (Å²) in [5.74, 6) is 0.722. The maximum Gasteiger partial charge on any atom is 0.326 e. The third-order valence-corrected chi connectivity index (χ3v) is 5.52. The van der Waals surface area contributed by atoms with Crippen LogP contribution in [0, 0.1) is 11.3 Å². The number of anilines is 2. The van der Waals surface area contributed by atoms with Crippen molar-refractivity contribution in [3.8, 4) is 17.2 Å². The van der Waals surface area contributed by atoms with E-state index in [9.17, 15) is 4.79 Å². The lowest BCUT2D eigenvalue weighted by atomic mass is 10.0. The largest absolute Gasteiger partial charge is 0.337 e. The summed E-state index contributed by atoms with van der Waals surface area (Å²) in [5.41, 5.74) is 3.63. The molecular weight excluding hydrogens is 457 g/mol. The number of hydrogen-bond acceptors (Lipinski definition) is 3. The van der Waals surface area contributed by atoms with Crippen LogP contribution in [0.4, 0.5) is 16.2 Å². The molecule has 0 atom stereocenters. The van der Waals surface area contributed by atoms with Gasteiger partial charge in [0, 0.05) is 40.9 Å². The van der Waals surface area contributed by atoms with Gasteiger partial charge in [-0.2, -0.15) is 5.26 Å². The van der Waals surface area contributed by atoms with Crippen LogP contribution in [0.25, 0.3) is 11.1 Å². The minimum Gasteiger partial charge on any atom is -0.337 e. The summed E-state index contributed by atoms with van der Waals surface area (Å²) in [5, 5.41) is 12.9. The second-order valence-electron chi connectivity index (χ2n) is 7.37. The van der Waals surface area contributed by atoms with Gasteiger partial charge < -0.3 is 9.88 Å². The summed E-state index contributed by atoms with van der Waals surface area (Å²) in [6.45, 7) is 0.257. The number of hydrogen-bond donors (Lipinski definition) is 1. The van der Waals surface area contributed by atoms with E-state index in [1.54, 1.807) is 35.4 Å². The molecule has 4 aromatic rings. The predicted octanol–water partition coefficient (Wildman–Crippen LogP) is 6.50. The van der Waals surface area contributed by atoms with Crippen LogP contribution in [0.2, 0.25) is 10.0 Å². The fraction of sp³-hybridized carbons (Fsp3) is 0.0800. The van der Waals surface area contributed by atoms with Gasteiger partial charge in [-0.25, -0.2) is 9.78 Å². The Balaban J connectivity index is 1.64. The van der Waals surface area contributed by atoms with E-state index in [-0.39, 0.29) is 12.6 Å². The Morgan fingerprint density at radius 2 is 1.79 bits per heavy atom. The van der Waals surface area contributed by atoms with E-state index < -0.39 is 0 Å². The third-order valence-electron chi connectivity index (χ3n) is 5.08. The predicted molar refractivity (Wildman–Crippen MR) is 131 cm³/mol. The first kappa shape index (κ1) is 22.4. The number of amides is 2. The molecule has 6 nitrogen and oxygen atoms in total. The zero-order valence-corrected chi connectivity index (χ0v) is 19.2. The van der Waals surface area contributed by atoms with E-state index >= 15 is 0 Å². The number of imidazole rings is 1. The highest BCUT2D eigenvalue weighted by Gasteiger charge is 2.19. The van der Waals surface area contributed by atoms with Crippen LogP contribution >= 0.6 is 23.2 Å². The van der Waals surface area contributed by atoms with Crippen LogP contribution in [0.15, 0.2) is 79.1 Å². The van der Waals surface area contributed by atoms with Gasteiger partial charge in [0.05, 0.1) is 18.2 Å². The minimum atomic E-state index is -0.351. The summed E-state index contributed by atoms with van der Waals surface area (Å²) in [4.78, 5) is 19.2. The van der Waals surface area contributed by atoms with Crippen molar-refractivity contribution in [1.29, 1.82) is 5.26 Å². The maximum absolute atomic E-state index is 13.3. The van der Waals surface area contributed by atoms with Crippen LogP contribution in [0.1, 0.15) is 11.4 Å². The van der Waals surface area contributed by atoms with Crippen LogP contribution in [0.5, 0.6) is 0 Å². The van der Waals surface area contributed by atoms with Crippen LogP contribution in [0.3, 0.4) is 0 Å². The molecule has 0 aliphatic rings. The molecule has 4 rings (SSSR count). The van der Waals surface area contributed by atoms with E-state index in [1.165, 1.54) is 0 Å². The van der Waals surface area contributed by atoms with E-state index in [0.717, 1.165) is 17.0 Å². The number of benzene rings is 3. The number of aromatic nitrogens is 2. The SMILES string of the molecule is Cn1ccnc1CN(C(=O)Nc1cc(Cl)cc(Cl)c1)c1ccc(-c2cccc(C#N)c2)cc1. The Labute approximate surface area is 201 Å². The summed E-state index contributed by atoms with van der Waals surface area (Å²) in [7, 11) is 1.88. The van der Waals surface area contributed by atoms with Crippen molar-refractivity contribution in [2.75, 3.05) is 10.2 Å². The van der Waals surface area contributed by atoms with Crippen molar-refractivity contribution in [3.05, 3.63) is 101 Å². The van der Waals surface area contributed by atoms with Crippen LogP contribution < -0.4 is 10.2 Å². The number of nitrogens with one attached hydrogen (secondary N) is 1. The normalized spacial score (nSPS) is 10.5. The lowest BCUT2D eigenvalue weighted by Crippen LogP contribution is -2.35. The Morgan fingerprint density at radius 3 is 2.42 bits per heavy atom. The Hall–Kier alpha value is -3.79. The lowest BCUT2D eigenvalue weighted by Gasteiger charge is -2.23. The summed E-state index contributed by atoms with van der Waals surface area (Å²) in [6, 6.07) is 21.6. The molecule has 0 fully saturated rings. The highest BCUT2D eigenvalue weighted by molar-refractivity contribution is 6.35. The van der Waals surface area contributed by atoms with Gasteiger partial charge in [-0.3, -0.25) is 4.90 Å². The van der Waals surface area contributed by atoms with Crippen molar-refractivity contribution >= 4 is 40.6 Å². The lowest BCUT2D eigenvalue weighted by molar-refractivity contribution is 0.256. The van der Waals surface area contributed by atoms with E-state index in [0.29, 0.717) is 27.0 Å². The molecule has 3 aromatic carbocycles. The molecule has 0 unspecified atom stereocenters. The molecule has 33 heavy (non-hydrogen) atoms. The number of aryl methyl sites for hydroxylation is 1. The van der Waals surface area contributed by atoms with Gasteiger partial charge in [0.25, 0.3) is 0 Å². The van der Waals surface area contributed by atoms with E-state index in [2.05, 4.69) is 16.4 Å². The van der Waals surface area contributed by atoms with Crippen LogP contribution in [-0.4, -0.2) is 15.6 Å². The quantitative estimate of drug-likeness (QED) is 0.357. The Morgan fingerprint density at radius 1 is 1.06 bits per heavy atom. The Bertz CT molecular complexity index is 1320. The summed E-state index contributed by atoms with van der Waals surface area (Å²) >= 11 is 12.2. The minimum absolute atomic E-state index is 0.257. The van der Waals surface area contributed by atoms with Crippen molar-refractivity contribution in [3.63, 3.8) is 0 Å². The molecule has 164 valence electrons. The van der Waals surface area contributed by atoms with Gasteiger partial charge in [-0.15, -0.1) is 0 Å². The number of carbonyl (C=O) groups excluding carboxylic acids is 1. The number of halogens is 2. The van der Waals surface area contributed by atoms with Gasteiger partial charge in [-0.1, -0.05) is 47.5 Å². The van der Waals surface area contributed by atoms with Crippen molar-refractivity contribution in [2.24, 2.45) is 7.05 Å². The van der Waals surface area contributed by atoms with Gasteiger partial charge in [0.2, 0.25) is 0 Å². The molecule has 0 saturated heterocycles. The fourth-order valence-corrected chi connectivity index (χ4v) is 3.92. The molecular formula is C25H19Cl2N5O.